The summed E-state index contributed by atoms with van der Waals surface area (Å²) < 4.78 is 22.8. The fraction of sp³-hybridized carbons (Fsp3) is 0.259. The molecule has 1 aliphatic rings. The smallest absolute Gasteiger partial charge is 0.338 e. The van der Waals surface area contributed by atoms with Gasteiger partial charge in [0.05, 0.1) is 19.3 Å². The van der Waals surface area contributed by atoms with Crippen molar-refractivity contribution in [3.63, 3.8) is 0 Å². The normalized spacial score (nSPS) is 23.9. The molecule has 0 aliphatic carbocycles. The van der Waals surface area contributed by atoms with Crippen LogP contribution in [-0.2, 0) is 30.3 Å². The third-order valence-corrected chi connectivity index (χ3v) is 6.64. The predicted octanol–water partition coefficient (Wildman–Crippen LogP) is 3.85. The summed E-state index contributed by atoms with van der Waals surface area (Å²) in [5.74, 6) is -1.33. The summed E-state index contributed by atoms with van der Waals surface area (Å²) in [7, 11) is 1.22. The van der Waals surface area contributed by atoms with Crippen LogP contribution in [0.1, 0.15) is 15.9 Å². The van der Waals surface area contributed by atoms with Crippen LogP contribution in [0.15, 0.2) is 95.9 Å². The molecule has 0 spiro atoms. The van der Waals surface area contributed by atoms with E-state index in [1.54, 1.807) is 30.3 Å². The summed E-state index contributed by atoms with van der Waals surface area (Å²) in [5, 5.41) is 11.1. The third-order valence-electron chi connectivity index (χ3n) is 5.49. The van der Waals surface area contributed by atoms with Crippen molar-refractivity contribution in [3.05, 3.63) is 102 Å². The first-order valence-corrected chi connectivity index (χ1v) is 12.0. The Morgan fingerprint density at radius 2 is 1.49 bits per heavy atom. The lowest BCUT2D eigenvalue weighted by atomic mass is 9.99. The molecule has 182 valence electrons. The average Bonchev–Trinajstić information content (AvgIpc) is 2.91. The molecule has 1 aliphatic heterocycles. The van der Waals surface area contributed by atoms with E-state index >= 15 is 0 Å². The number of carbonyl (C=O) groups excluding carboxylic acids is 2. The highest BCUT2D eigenvalue weighted by atomic mass is 32.2. The van der Waals surface area contributed by atoms with Gasteiger partial charge in [-0.15, -0.1) is 0 Å². The number of methoxy groups -OCH3 is 1. The summed E-state index contributed by atoms with van der Waals surface area (Å²) >= 11 is 1.27. The lowest BCUT2D eigenvalue weighted by Gasteiger charge is -2.42. The van der Waals surface area contributed by atoms with Gasteiger partial charge in [0.2, 0.25) is 0 Å². The van der Waals surface area contributed by atoms with Gasteiger partial charge in [-0.2, -0.15) is 0 Å². The van der Waals surface area contributed by atoms with E-state index in [0.29, 0.717) is 5.56 Å². The van der Waals surface area contributed by atoms with Crippen molar-refractivity contribution in [2.24, 2.45) is 0 Å². The zero-order chi connectivity index (χ0) is 24.6. The van der Waals surface area contributed by atoms with Crippen LogP contribution < -0.4 is 0 Å². The molecule has 1 saturated heterocycles. The molecule has 5 atom stereocenters. The summed E-state index contributed by atoms with van der Waals surface area (Å²) in [6.07, 6.45) is -4.81. The molecule has 0 saturated carbocycles. The average molecular weight is 495 g/mol. The molecule has 1 fully saturated rings. The number of thioether (sulfide) groups is 1. The van der Waals surface area contributed by atoms with Gasteiger partial charge in [-0.1, -0.05) is 78.5 Å². The zero-order valence-electron chi connectivity index (χ0n) is 19.1. The molecular weight excluding hydrogens is 468 g/mol. The van der Waals surface area contributed by atoms with E-state index in [1.165, 1.54) is 18.9 Å². The second-order valence-corrected chi connectivity index (χ2v) is 9.04. The van der Waals surface area contributed by atoms with Crippen LogP contribution in [0.5, 0.6) is 0 Å². The van der Waals surface area contributed by atoms with Crippen LogP contribution in [-0.4, -0.2) is 54.0 Å². The Morgan fingerprint density at radius 1 is 0.886 bits per heavy atom. The van der Waals surface area contributed by atoms with E-state index in [4.69, 9.17) is 18.9 Å². The van der Waals surface area contributed by atoms with Crippen LogP contribution in [0.4, 0.5) is 0 Å². The molecular formula is C27H26O7S. The number of aliphatic hydroxyl groups excluding tert-OH is 1. The van der Waals surface area contributed by atoms with E-state index in [0.717, 1.165) is 10.5 Å². The number of carbonyl (C=O) groups is 2. The molecule has 4 rings (SSSR count). The van der Waals surface area contributed by atoms with Crippen molar-refractivity contribution in [3.8, 4) is 0 Å². The van der Waals surface area contributed by atoms with E-state index in [-0.39, 0.29) is 6.61 Å². The van der Waals surface area contributed by atoms with Crippen molar-refractivity contribution in [2.45, 2.75) is 41.4 Å². The Kier molecular flexibility index (Phi) is 8.54. The number of hydrogen-bond acceptors (Lipinski definition) is 8. The standard InChI is InChI=1S/C27H26O7S/c1-31-26(30)23-21(28)22(32-17-18-11-5-2-6-12-18)24(33-25(29)19-13-7-3-8-14-19)27(34-23)35-20-15-9-4-10-16-20/h2-16,21-24,27-28H,17H2,1H3/t21-,22+,23?,24?,27?/m0/s1. The van der Waals surface area contributed by atoms with E-state index in [2.05, 4.69) is 0 Å². The van der Waals surface area contributed by atoms with Crippen molar-refractivity contribution < 1.29 is 33.6 Å². The number of ether oxygens (including phenoxy) is 4. The molecule has 1 heterocycles. The van der Waals surface area contributed by atoms with Crippen molar-refractivity contribution in [1.82, 2.24) is 0 Å². The van der Waals surface area contributed by atoms with Gasteiger partial charge in [0.15, 0.2) is 12.2 Å². The minimum Gasteiger partial charge on any atom is -0.467 e. The Hall–Kier alpha value is -3.17. The molecule has 8 heteroatoms. The van der Waals surface area contributed by atoms with Gasteiger partial charge in [0, 0.05) is 4.90 Å². The second kappa shape index (κ2) is 12.0. The van der Waals surface area contributed by atoms with Crippen LogP contribution >= 0.6 is 11.8 Å². The maximum atomic E-state index is 13.0. The van der Waals surface area contributed by atoms with E-state index in [9.17, 15) is 14.7 Å². The Labute approximate surface area is 208 Å². The Bertz CT molecular complexity index is 1090. The van der Waals surface area contributed by atoms with Crippen LogP contribution in [0.2, 0.25) is 0 Å². The fourth-order valence-electron chi connectivity index (χ4n) is 3.71. The molecule has 1 N–H and O–H groups in total. The topological polar surface area (TPSA) is 91.3 Å². The number of hydrogen-bond donors (Lipinski definition) is 1. The molecule has 3 aromatic rings. The highest BCUT2D eigenvalue weighted by molar-refractivity contribution is 7.99. The van der Waals surface area contributed by atoms with Gasteiger partial charge in [-0.05, 0) is 29.8 Å². The van der Waals surface area contributed by atoms with Gasteiger partial charge >= 0.3 is 11.9 Å². The minimum absolute atomic E-state index is 0.137. The summed E-state index contributed by atoms with van der Waals surface area (Å²) in [6, 6.07) is 27.3. The summed E-state index contributed by atoms with van der Waals surface area (Å²) in [4.78, 5) is 26.3. The van der Waals surface area contributed by atoms with E-state index in [1.807, 2.05) is 60.7 Å². The zero-order valence-corrected chi connectivity index (χ0v) is 19.9. The molecule has 3 unspecified atom stereocenters. The van der Waals surface area contributed by atoms with Crippen molar-refractivity contribution in [2.75, 3.05) is 7.11 Å². The lowest BCUT2D eigenvalue weighted by Crippen LogP contribution is -2.61. The molecule has 7 nitrogen and oxygen atoms in total. The quantitative estimate of drug-likeness (QED) is 0.473. The van der Waals surface area contributed by atoms with Crippen LogP contribution in [0, 0.1) is 0 Å². The largest absolute Gasteiger partial charge is 0.467 e. The summed E-state index contributed by atoms with van der Waals surface area (Å²) in [5.41, 5.74) is 0.363. The lowest BCUT2D eigenvalue weighted by molar-refractivity contribution is -0.224. The number of aliphatic hydroxyl groups is 1. The van der Waals surface area contributed by atoms with E-state index < -0.39 is 41.8 Å². The van der Waals surface area contributed by atoms with Crippen LogP contribution in [0.25, 0.3) is 0 Å². The van der Waals surface area contributed by atoms with Gasteiger partial charge in [-0.25, -0.2) is 9.59 Å². The molecule has 0 radical (unpaired) electrons. The predicted molar refractivity (Wildman–Crippen MR) is 130 cm³/mol. The number of rotatable bonds is 8. The first kappa shape index (κ1) is 24.9. The SMILES string of the molecule is COC(=O)C1OC(Sc2ccccc2)C(OC(=O)c2ccccc2)[C@H](OCc2ccccc2)[C@@H]1O. The fourth-order valence-corrected chi connectivity index (χ4v) is 4.81. The van der Waals surface area contributed by atoms with Crippen molar-refractivity contribution in [1.29, 1.82) is 0 Å². The highest BCUT2D eigenvalue weighted by Gasteiger charge is 2.51. The molecule has 35 heavy (non-hydrogen) atoms. The Balaban J connectivity index is 1.65. The third kappa shape index (κ3) is 6.29. The minimum atomic E-state index is -1.42. The second-order valence-electron chi connectivity index (χ2n) is 7.87. The number of esters is 2. The maximum absolute atomic E-state index is 13.0. The van der Waals surface area contributed by atoms with Crippen molar-refractivity contribution >= 4 is 23.7 Å². The van der Waals surface area contributed by atoms with Crippen LogP contribution in [0.3, 0.4) is 0 Å². The van der Waals surface area contributed by atoms with Gasteiger partial charge in [0.25, 0.3) is 0 Å². The van der Waals surface area contributed by atoms with Gasteiger partial charge in [0.1, 0.15) is 17.6 Å². The summed E-state index contributed by atoms with van der Waals surface area (Å²) in [6.45, 7) is 0.137. The monoisotopic (exact) mass is 494 g/mol. The highest BCUT2D eigenvalue weighted by Crippen LogP contribution is 2.37. The maximum Gasteiger partial charge on any atom is 0.338 e. The molecule has 0 aromatic heterocycles. The first-order valence-electron chi connectivity index (χ1n) is 11.1. The van der Waals surface area contributed by atoms with Gasteiger partial charge in [-0.3, -0.25) is 0 Å². The number of benzene rings is 3. The molecule has 3 aromatic carbocycles. The molecule has 0 amide bonds. The first-order chi connectivity index (χ1) is 17.1. The molecule has 0 bridgehead atoms. The Morgan fingerprint density at radius 3 is 2.11 bits per heavy atom. The van der Waals surface area contributed by atoms with Gasteiger partial charge < -0.3 is 24.1 Å².